The Bertz CT molecular complexity index is 325. The van der Waals surface area contributed by atoms with Crippen molar-refractivity contribution >= 4 is 5.91 Å². The molecule has 0 aromatic carbocycles. The van der Waals surface area contributed by atoms with Crippen LogP contribution >= 0.6 is 0 Å². The molecule has 0 N–H and O–H groups in total. The van der Waals surface area contributed by atoms with Crippen molar-refractivity contribution in [3.8, 4) is 0 Å². The monoisotopic (exact) mass is 193 g/mol. The zero-order chi connectivity index (χ0) is 10.7. The molecule has 0 aromatic heterocycles. The number of rotatable bonds is 1. The van der Waals surface area contributed by atoms with Crippen LogP contribution in [-0.4, -0.2) is 16.8 Å². The van der Waals surface area contributed by atoms with Crippen molar-refractivity contribution in [2.24, 2.45) is 11.3 Å². The summed E-state index contributed by atoms with van der Waals surface area (Å²) in [6, 6.07) is 0.376. The second-order valence-electron chi connectivity index (χ2n) is 5.37. The van der Waals surface area contributed by atoms with Gasteiger partial charge in [0.2, 0.25) is 5.91 Å². The summed E-state index contributed by atoms with van der Waals surface area (Å²) >= 11 is 0. The molecule has 0 aliphatic carbocycles. The van der Waals surface area contributed by atoms with Crippen molar-refractivity contribution in [3.05, 3.63) is 11.3 Å². The third-order valence-electron chi connectivity index (χ3n) is 3.89. The molecule has 14 heavy (non-hydrogen) atoms. The lowest BCUT2D eigenvalue weighted by Gasteiger charge is -2.53. The van der Waals surface area contributed by atoms with Gasteiger partial charge in [0.15, 0.2) is 0 Å². The highest BCUT2D eigenvalue weighted by Gasteiger charge is 2.54. The Balaban J connectivity index is 2.43. The van der Waals surface area contributed by atoms with Gasteiger partial charge < -0.3 is 4.90 Å². The molecule has 1 atom stereocenters. The van der Waals surface area contributed by atoms with Crippen molar-refractivity contribution in [3.63, 3.8) is 0 Å². The molecule has 0 spiro atoms. The Labute approximate surface area is 86.0 Å². The van der Waals surface area contributed by atoms with Crippen molar-refractivity contribution in [1.82, 2.24) is 4.90 Å². The van der Waals surface area contributed by atoms with Crippen LogP contribution in [0.3, 0.4) is 0 Å². The van der Waals surface area contributed by atoms with E-state index in [-0.39, 0.29) is 5.41 Å². The van der Waals surface area contributed by atoms with Gasteiger partial charge in [-0.25, -0.2) is 0 Å². The maximum Gasteiger partial charge on any atom is 0.231 e. The van der Waals surface area contributed by atoms with Crippen LogP contribution < -0.4 is 0 Å². The normalized spacial score (nSPS) is 29.7. The summed E-state index contributed by atoms with van der Waals surface area (Å²) in [6.07, 6.45) is 0.654. The predicted octanol–water partition coefficient (Wildman–Crippen LogP) is 2.56. The molecule has 1 saturated heterocycles. The quantitative estimate of drug-likeness (QED) is 0.626. The minimum Gasteiger partial charge on any atom is -0.312 e. The van der Waals surface area contributed by atoms with Crippen molar-refractivity contribution in [1.29, 1.82) is 0 Å². The van der Waals surface area contributed by atoms with E-state index < -0.39 is 0 Å². The first-order valence-electron chi connectivity index (χ1n) is 5.43. The third-order valence-corrected chi connectivity index (χ3v) is 3.89. The second-order valence-corrected chi connectivity index (χ2v) is 5.37. The van der Waals surface area contributed by atoms with Crippen LogP contribution in [-0.2, 0) is 4.79 Å². The zero-order valence-corrected chi connectivity index (χ0v) is 9.72. The largest absolute Gasteiger partial charge is 0.312 e. The van der Waals surface area contributed by atoms with Crippen LogP contribution in [0, 0.1) is 11.3 Å². The molecular formula is C12H19NO. The number of fused-ring (bicyclic) bond motifs is 1. The summed E-state index contributed by atoms with van der Waals surface area (Å²) in [7, 11) is 0. The van der Waals surface area contributed by atoms with Crippen LogP contribution in [0.2, 0.25) is 0 Å². The Morgan fingerprint density at radius 3 is 2.50 bits per heavy atom. The standard InChI is InChI=1S/C12H19NO/c1-7(2)9-6-10(14)13-8(3)12(4,5)11(9)13/h7-8H,6H2,1-5H3. The number of amides is 1. The molecule has 1 amide bonds. The Morgan fingerprint density at radius 1 is 1.43 bits per heavy atom. The van der Waals surface area contributed by atoms with Gasteiger partial charge in [0.25, 0.3) is 0 Å². The van der Waals surface area contributed by atoms with E-state index in [1.54, 1.807) is 0 Å². The van der Waals surface area contributed by atoms with Crippen LogP contribution in [0.25, 0.3) is 0 Å². The number of hydrogen-bond acceptors (Lipinski definition) is 1. The van der Waals surface area contributed by atoms with Gasteiger partial charge in [0, 0.05) is 17.2 Å². The van der Waals surface area contributed by atoms with Gasteiger partial charge in [-0.3, -0.25) is 4.79 Å². The van der Waals surface area contributed by atoms with Gasteiger partial charge in [-0.1, -0.05) is 27.7 Å². The van der Waals surface area contributed by atoms with Gasteiger partial charge in [-0.2, -0.15) is 0 Å². The summed E-state index contributed by atoms with van der Waals surface area (Å²) < 4.78 is 0. The van der Waals surface area contributed by atoms with Gasteiger partial charge >= 0.3 is 0 Å². The molecule has 78 valence electrons. The molecule has 0 aromatic rings. The minimum atomic E-state index is 0.200. The topological polar surface area (TPSA) is 20.3 Å². The first kappa shape index (κ1) is 9.75. The average Bonchev–Trinajstić information content (AvgIpc) is 2.41. The predicted molar refractivity (Wildman–Crippen MR) is 56.6 cm³/mol. The van der Waals surface area contributed by atoms with Gasteiger partial charge in [0.1, 0.15) is 0 Å². The molecule has 0 radical (unpaired) electrons. The average molecular weight is 193 g/mol. The van der Waals surface area contributed by atoms with Crippen LogP contribution in [0.5, 0.6) is 0 Å². The van der Waals surface area contributed by atoms with Crippen LogP contribution in [0.15, 0.2) is 11.3 Å². The molecule has 1 unspecified atom stereocenters. The van der Waals surface area contributed by atoms with E-state index in [2.05, 4.69) is 34.6 Å². The number of nitrogens with zero attached hydrogens (tertiary/aromatic N) is 1. The van der Waals surface area contributed by atoms with Gasteiger partial charge in [0.05, 0.1) is 6.42 Å². The van der Waals surface area contributed by atoms with E-state index >= 15 is 0 Å². The smallest absolute Gasteiger partial charge is 0.231 e. The highest BCUT2D eigenvalue weighted by Crippen LogP contribution is 2.53. The summed E-state index contributed by atoms with van der Waals surface area (Å²) in [5, 5.41) is 0. The van der Waals surface area contributed by atoms with Crippen LogP contribution in [0.4, 0.5) is 0 Å². The maximum absolute atomic E-state index is 11.7. The van der Waals surface area contributed by atoms with E-state index in [1.165, 1.54) is 11.3 Å². The SMILES string of the molecule is CC(C)C1=C2N(C(=O)C1)C(C)C2(C)C. The fourth-order valence-corrected chi connectivity index (χ4v) is 2.68. The summed E-state index contributed by atoms with van der Waals surface area (Å²) in [5.41, 5.74) is 2.87. The second kappa shape index (κ2) is 2.62. The molecule has 2 nitrogen and oxygen atoms in total. The first-order valence-corrected chi connectivity index (χ1v) is 5.43. The molecular weight excluding hydrogens is 174 g/mol. The highest BCUT2D eigenvalue weighted by atomic mass is 16.2. The maximum atomic E-state index is 11.7. The summed E-state index contributed by atoms with van der Waals surface area (Å²) in [5.74, 6) is 0.807. The molecule has 2 heteroatoms. The Kier molecular flexibility index (Phi) is 1.82. The Morgan fingerprint density at radius 2 is 2.00 bits per heavy atom. The van der Waals surface area contributed by atoms with Gasteiger partial charge in [-0.05, 0) is 18.4 Å². The minimum absolute atomic E-state index is 0.200. The number of hydrogen-bond donors (Lipinski definition) is 0. The molecule has 1 fully saturated rings. The van der Waals surface area contributed by atoms with E-state index in [1.807, 2.05) is 4.90 Å². The van der Waals surface area contributed by atoms with E-state index in [4.69, 9.17) is 0 Å². The number of carbonyl (C=O) groups is 1. The lowest BCUT2D eigenvalue weighted by Crippen LogP contribution is -2.58. The lowest BCUT2D eigenvalue weighted by molar-refractivity contribution is -0.137. The lowest BCUT2D eigenvalue weighted by atomic mass is 9.71. The fourth-order valence-electron chi connectivity index (χ4n) is 2.68. The summed E-state index contributed by atoms with van der Waals surface area (Å²) in [6.45, 7) is 11.0. The zero-order valence-electron chi connectivity index (χ0n) is 9.72. The van der Waals surface area contributed by atoms with Crippen LogP contribution in [0.1, 0.15) is 41.0 Å². The van der Waals surface area contributed by atoms with E-state index in [0.29, 0.717) is 24.3 Å². The molecule has 0 saturated carbocycles. The van der Waals surface area contributed by atoms with Crippen molar-refractivity contribution in [2.45, 2.75) is 47.1 Å². The number of carbonyl (C=O) groups excluding carboxylic acids is 1. The first-order chi connectivity index (χ1) is 6.37. The summed E-state index contributed by atoms with van der Waals surface area (Å²) in [4.78, 5) is 13.7. The molecule has 2 rings (SSSR count). The Hall–Kier alpha value is -0.790. The molecule has 2 heterocycles. The molecule has 0 bridgehead atoms. The molecule has 2 aliphatic rings. The molecule has 2 aliphatic heterocycles. The third kappa shape index (κ3) is 0.943. The van der Waals surface area contributed by atoms with Crippen molar-refractivity contribution in [2.75, 3.05) is 0 Å². The van der Waals surface area contributed by atoms with E-state index in [9.17, 15) is 4.79 Å². The van der Waals surface area contributed by atoms with E-state index in [0.717, 1.165) is 0 Å². The van der Waals surface area contributed by atoms with Gasteiger partial charge in [-0.15, -0.1) is 0 Å². The van der Waals surface area contributed by atoms with Crippen molar-refractivity contribution < 1.29 is 4.79 Å². The fraction of sp³-hybridized carbons (Fsp3) is 0.750. The highest BCUT2D eigenvalue weighted by molar-refractivity contribution is 5.87.